The Hall–Kier alpha value is 0.0300. The van der Waals surface area contributed by atoms with E-state index < -0.39 is 44.3 Å². The number of nitrogens with zero attached hydrogens (tertiary/aromatic N) is 1. The van der Waals surface area contributed by atoms with E-state index in [2.05, 4.69) is 4.74 Å². The molecule has 16 heavy (non-hydrogen) atoms. The highest BCUT2D eigenvalue weighted by Crippen LogP contribution is 2.38. The first-order valence-corrected chi connectivity index (χ1v) is 8.19. The topological polar surface area (TPSA) is 103 Å². The zero-order chi connectivity index (χ0) is 12.5. The maximum atomic E-state index is 9.69. The molecule has 6 nitrogen and oxygen atoms in total. The van der Waals surface area contributed by atoms with Gasteiger partial charge in [-0.3, -0.25) is 4.74 Å². The number of aliphatic hydroxyl groups excluding tert-OH is 4. The van der Waals surface area contributed by atoms with Crippen LogP contribution in [0.2, 0.25) is 0 Å². The summed E-state index contributed by atoms with van der Waals surface area (Å²) in [6.45, 7) is 5.40. The molecular formula is C9H20NO5P. The first-order chi connectivity index (χ1) is 7.26. The van der Waals surface area contributed by atoms with Crippen LogP contribution in [0.15, 0.2) is 4.74 Å². The van der Waals surface area contributed by atoms with Crippen molar-refractivity contribution in [1.29, 1.82) is 0 Å². The van der Waals surface area contributed by atoms with Crippen LogP contribution in [-0.4, -0.2) is 77.7 Å². The summed E-state index contributed by atoms with van der Waals surface area (Å²) < 4.78 is 9.55. The molecule has 0 aliphatic carbocycles. The third kappa shape index (κ3) is 3.26. The van der Waals surface area contributed by atoms with Crippen LogP contribution in [0.3, 0.4) is 0 Å². The molecule has 0 bridgehead atoms. The first kappa shape index (κ1) is 14.1. The standard InChI is InChI=1S/C9H20NO5P/c1-16(2,3)10-9-8(14)7(13)6(12)5(4-11)15-9/h5-9,11-14H,4H2,1-3H3/t5-,6-,7+,8-,9-/m1/s1. The minimum absolute atomic E-state index is 0.417. The van der Waals surface area contributed by atoms with Gasteiger partial charge in [-0.05, 0) is 27.0 Å². The van der Waals surface area contributed by atoms with Gasteiger partial charge in [0.25, 0.3) is 0 Å². The normalized spacial score (nSPS) is 40.8. The van der Waals surface area contributed by atoms with Crippen LogP contribution in [0.5, 0.6) is 0 Å². The second-order valence-corrected chi connectivity index (χ2v) is 8.89. The summed E-state index contributed by atoms with van der Waals surface area (Å²) >= 11 is 0. The number of aliphatic hydroxyl groups is 4. The van der Waals surface area contributed by atoms with Gasteiger partial charge in [0, 0.05) is 0 Å². The highest BCUT2D eigenvalue weighted by Gasteiger charge is 2.43. The minimum Gasteiger partial charge on any atom is -0.394 e. The fourth-order valence-corrected chi connectivity index (χ4v) is 2.39. The minimum atomic E-state index is -1.54. The molecule has 1 aliphatic heterocycles. The van der Waals surface area contributed by atoms with E-state index in [0.29, 0.717) is 0 Å². The fourth-order valence-electron chi connectivity index (χ4n) is 1.52. The number of hydrogen-bond donors (Lipinski definition) is 4. The molecule has 1 saturated heterocycles. The largest absolute Gasteiger partial charge is 0.394 e. The van der Waals surface area contributed by atoms with Gasteiger partial charge in [0.1, 0.15) is 24.4 Å². The Balaban J connectivity index is 2.87. The molecule has 0 aromatic heterocycles. The van der Waals surface area contributed by atoms with Gasteiger partial charge >= 0.3 is 0 Å². The molecule has 0 amide bonds. The summed E-state index contributed by atoms with van der Waals surface area (Å²) in [6.07, 6.45) is -5.67. The smallest absolute Gasteiger partial charge is 0.175 e. The first-order valence-electron chi connectivity index (χ1n) is 5.10. The average Bonchev–Trinajstić information content (AvgIpc) is 2.17. The third-order valence-corrected chi connectivity index (χ3v) is 3.25. The monoisotopic (exact) mass is 253 g/mol. The van der Waals surface area contributed by atoms with Crippen molar-refractivity contribution in [2.24, 2.45) is 4.74 Å². The van der Waals surface area contributed by atoms with Gasteiger partial charge in [-0.25, -0.2) is 0 Å². The van der Waals surface area contributed by atoms with Gasteiger partial charge in [0.2, 0.25) is 0 Å². The number of hydrogen-bond acceptors (Lipinski definition) is 6. The van der Waals surface area contributed by atoms with Crippen molar-refractivity contribution in [3.8, 4) is 0 Å². The molecule has 0 aromatic rings. The van der Waals surface area contributed by atoms with E-state index >= 15 is 0 Å². The molecule has 1 rings (SSSR count). The zero-order valence-electron chi connectivity index (χ0n) is 9.69. The molecule has 7 heteroatoms. The maximum Gasteiger partial charge on any atom is 0.175 e. The van der Waals surface area contributed by atoms with Crippen molar-refractivity contribution in [2.75, 3.05) is 26.6 Å². The second-order valence-electron chi connectivity index (χ2n) is 4.78. The molecule has 0 aromatic carbocycles. The van der Waals surface area contributed by atoms with Gasteiger partial charge in [-0.1, -0.05) is 0 Å². The van der Waals surface area contributed by atoms with E-state index in [0.717, 1.165) is 0 Å². The zero-order valence-corrected chi connectivity index (χ0v) is 10.6. The third-order valence-electron chi connectivity index (χ3n) is 2.33. The van der Waals surface area contributed by atoms with Gasteiger partial charge in [0.15, 0.2) is 6.23 Å². The Morgan fingerprint density at radius 1 is 1.06 bits per heavy atom. The Kier molecular flexibility index (Phi) is 4.51. The Morgan fingerprint density at radius 3 is 2.06 bits per heavy atom. The molecule has 0 saturated carbocycles. The van der Waals surface area contributed by atoms with Gasteiger partial charge in [-0.15, -0.1) is 0 Å². The van der Waals surface area contributed by atoms with Crippen molar-refractivity contribution >= 4 is 7.05 Å². The summed E-state index contributed by atoms with van der Waals surface area (Å²) in [5.74, 6) is 0. The lowest BCUT2D eigenvalue weighted by Crippen LogP contribution is -2.57. The van der Waals surface area contributed by atoms with Crippen LogP contribution in [0.1, 0.15) is 0 Å². The predicted octanol–water partition coefficient (Wildman–Crippen LogP) is -1.12. The van der Waals surface area contributed by atoms with Crippen LogP contribution < -0.4 is 0 Å². The van der Waals surface area contributed by atoms with Crippen LogP contribution >= 0.6 is 7.05 Å². The second kappa shape index (κ2) is 5.12. The van der Waals surface area contributed by atoms with Crippen LogP contribution in [0, 0.1) is 0 Å². The quantitative estimate of drug-likeness (QED) is 0.467. The van der Waals surface area contributed by atoms with Crippen molar-refractivity contribution in [3.63, 3.8) is 0 Å². The van der Waals surface area contributed by atoms with E-state index in [4.69, 9.17) is 9.84 Å². The van der Waals surface area contributed by atoms with E-state index in [1.54, 1.807) is 0 Å². The van der Waals surface area contributed by atoms with Crippen molar-refractivity contribution in [1.82, 2.24) is 0 Å². The molecule has 0 radical (unpaired) electrons. The molecular weight excluding hydrogens is 233 g/mol. The highest BCUT2D eigenvalue weighted by atomic mass is 31.2. The molecule has 1 fully saturated rings. The van der Waals surface area contributed by atoms with E-state index in [1.807, 2.05) is 20.0 Å². The molecule has 96 valence electrons. The summed E-state index contributed by atoms with van der Waals surface area (Å²) in [5, 5.41) is 37.7. The average molecular weight is 253 g/mol. The summed E-state index contributed by atoms with van der Waals surface area (Å²) in [6, 6.07) is 0. The molecule has 5 atom stereocenters. The lowest BCUT2D eigenvalue weighted by molar-refractivity contribution is -0.226. The lowest BCUT2D eigenvalue weighted by atomic mass is 9.99. The molecule has 0 spiro atoms. The van der Waals surface area contributed by atoms with Crippen LogP contribution in [0.4, 0.5) is 0 Å². The number of ether oxygens (including phenoxy) is 1. The predicted molar refractivity (Wildman–Crippen MR) is 60.9 cm³/mol. The van der Waals surface area contributed by atoms with Crippen LogP contribution in [0.25, 0.3) is 0 Å². The van der Waals surface area contributed by atoms with Gasteiger partial charge < -0.3 is 25.2 Å². The lowest BCUT2D eigenvalue weighted by Gasteiger charge is -2.39. The SMILES string of the molecule is CP(C)(C)=N[C@@H]1O[C@H](CO)[C@@H](O)[C@H](O)[C@H]1O. The molecule has 0 unspecified atom stereocenters. The maximum absolute atomic E-state index is 9.69. The van der Waals surface area contributed by atoms with Crippen LogP contribution in [-0.2, 0) is 4.74 Å². The van der Waals surface area contributed by atoms with E-state index in [9.17, 15) is 15.3 Å². The summed E-state index contributed by atoms with van der Waals surface area (Å²) in [4.78, 5) is 0. The van der Waals surface area contributed by atoms with Crippen molar-refractivity contribution in [3.05, 3.63) is 0 Å². The number of rotatable bonds is 2. The van der Waals surface area contributed by atoms with E-state index in [-0.39, 0.29) is 0 Å². The van der Waals surface area contributed by atoms with Gasteiger partial charge in [-0.2, -0.15) is 0 Å². The molecule has 1 aliphatic rings. The van der Waals surface area contributed by atoms with Crippen molar-refractivity contribution in [2.45, 2.75) is 30.6 Å². The Morgan fingerprint density at radius 2 is 1.62 bits per heavy atom. The van der Waals surface area contributed by atoms with Gasteiger partial charge in [0.05, 0.1) is 6.61 Å². The van der Waals surface area contributed by atoms with E-state index in [1.165, 1.54) is 0 Å². The molecule has 4 N–H and O–H groups in total. The fraction of sp³-hybridized carbons (Fsp3) is 1.00. The highest BCUT2D eigenvalue weighted by molar-refractivity contribution is 7.64. The Bertz CT molecular complexity index is 281. The van der Waals surface area contributed by atoms with Crippen molar-refractivity contribution < 1.29 is 25.2 Å². The Labute approximate surface area is 94.9 Å². The summed E-state index contributed by atoms with van der Waals surface area (Å²) in [7, 11) is -1.54. The summed E-state index contributed by atoms with van der Waals surface area (Å²) in [5.41, 5.74) is 0. The molecule has 1 heterocycles.